The molecule has 6 nitrogen and oxygen atoms in total. The molecule has 0 aliphatic carbocycles. The van der Waals surface area contributed by atoms with Crippen LogP contribution in [0.1, 0.15) is 44.4 Å². The van der Waals surface area contributed by atoms with Crippen LogP contribution in [0.3, 0.4) is 0 Å². The van der Waals surface area contributed by atoms with E-state index < -0.39 is 0 Å². The van der Waals surface area contributed by atoms with Crippen molar-refractivity contribution in [1.82, 2.24) is 20.0 Å². The van der Waals surface area contributed by atoms with Gasteiger partial charge in [0.2, 0.25) is 17.7 Å². The number of carbonyl (C=O) groups excluding carboxylic acids is 1. The van der Waals surface area contributed by atoms with Gasteiger partial charge in [-0.05, 0) is 38.8 Å². The highest BCUT2D eigenvalue weighted by Gasteiger charge is 2.30. The van der Waals surface area contributed by atoms with Crippen molar-refractivity contribution in [2.24, 2.45) is 5.92 Å². The van der Waals surface area contributed by atoms with Crippen molar-refractivity contribution < 1.29 is 9.21 Å². The van der Waals surface area contributed by atoms with Crippen LogP contribution in [0.25, 0.3) is 0 Å². The molecule has 0 atom stereocenters. The molecule has 116 valence electrons. The third kappa shape index (κ3) is 3.43. The molecule has 0 radical (unpaired) electrons. The lowest BCUT2D eigenvalue weighted by Gasteiger charge is -2.32. The fraction of sp³-hybridized carbons (Fsp3) is 0.800. The molecule has 2 saturated heterocycles. The topological polar surface area (TPSA) is 62.5 Å². The fourth-order valence-electron chi connectivity index (χ4n) is 3.22. The fourth-order valence-corrected chi connectivity index (χ4v) is 3.22. The van der Waals surface area contributed by atoms with Crippen molar-refractivity contribution in [1.29, 1.82) is 0 Å². The van der Waals surface area contributed by atoms with E-state index in [1.165, 1.54) is 12.8 Å². The molecule has 1 amide bonds. The number of carbonyl (C=O) groups is 1. The lowest BCUT2D eigenvalue weighted by atomic mass is 9.95. The van der Waals surface area contributed by atoms with E-state index in [0.717, 1.165) is 45.4 Å². The molecular formula is C15H24N4O2. The summed E-state index contributed by atoms with van der Waals surface area (Å²) in [6, 6.07) is 0. The minimum Gasteiger partial charge on any atom is -0.424 e. The van der Waals surface area contributed by atoms with E-state index in [1.807, 2.05) is 11.8 Å². The molecule has 0 unspecified atom stereocenters. The van der Waals surface area contributed by atoms with Crippen molar-refractivity contribution >= 4 is 5.91 Å². The molecular weight excluding hydrogens is 268 g/mol. The summed E-state index contributed by atoms with van der Waals surface area (Å²) in [6.45, 7) is 6.51. The van der Waals surface area contributed by atoms with Gasteiger partial charge in [0.15, 0.2) is 0 Å². The van der Waals surface area contributed by atoms with E-state index in [9.17, 15) is 4.79 Å². The molecule has 0 bridgehead atoms. The number of likely N-dealkylation sites (tertiary alicyclic amines) is 2. The summed E-state index contributed by atoms with van der Waals surface area (Å²) in [4.78, 5) is 16.7. The molecule has 1 aromatic heterocycles. The van der Waals surface area contributed by atoms with Gasteiger partial charge in [-0.2, -0.15) is 0 Å². The van der Waals surface area contributed by atoms with Crippen molar-refractivity contribution in [2.45, 2.75) is 45.6 Å². The van der Waals surface area contributed by atoms with Crippen molar-refractivity contribution in [3.8, 4) is 0 Å². The summed E-state index contributed by atoms with van der Waals surface area (Å²) in [5.41, 5.74) is 0. The standard InChI is InChI=1S/C15H24N4O2/c1-2-13-16-17-14(21-13)11-18-9-5-12(6-10-18)15(20)19-7-3-4-8-19/h12H,2-11H2,1H3. The van der Waals surface area contributed by atoms with Gasteiger partial charge in [0.1, 0.15) is 0 Å². The Kier molecular flexibility index (Phi) is 4.53. The number of aromatic nitrogens is 2. The van der Waals surface area contributed by atoms with E-state index in [1.54, 1.807) is 0 Å². The minimum atomic E-state index is 0.216. The summed E-state index contributed by atoms with van der Waals surface area (Å²) in [5, 5.41) is 8.06. The maximum atomic E-state index is 12.4. The first-order valence-corrected chi connectivity index (χ1v) is 8.08. The maximum Gasteiger partial charge on any atom is 0.230 e. The Balaban J connectivity index is 1.47. The smallest absolute Gasteiger partial charge is 0.230 e. The zero-order valence-corrected chi connectivity index (χ0v) is 12.8. The predicted octanol–water partition coefficient (Wildman–Crippen LogP) is 1.47. The Morgan fingerprint density at radius 1 is 1.14 bits per heavy atom. The predicted molar refractivity (Wildman–Crippen MR) is 77.5 cm³/mol. The summed E-state index contributed by atoms with van der Waals surface area (Å²) < 4.78 is 5.55. The second-order valence-electron chi connectivity index (χ2n) is 6.03. The van der Waals surface area contributed by atoms with Crippen molar-refractivity contribution in [3.05, 3.63) is 11.8 Å². The van der Waals surface area contributed by atoms with Crippen LogP contribution in [0.15, 0.2) is 4.42 Å². The number of nitrogens with zero attached hydrogens (tertiary/aromatic N) is 4. The third-order valence-electron chi connectivity index (χ3n) is 4.52. The lowest BCUT2D eigenvalue weighted by molar-refractivity contribution is -0.136. The monoisotopic (exact) mass is 292 g/mol. The molecule has 2 aliphatic heterocycles. The number of hydrogen-bond acceptors (Lipinski definition) is 5. The first-order valence-electron chi connectivity index (χ1n) is 8.08. The average molecular weight is 292 g/mol. The second-order valence-corrected chi connectivity index (χ2v) is 6.03. The molecule has 0 saturated carbocycles. The summed E-state index contributed by atoms with van der Waals surface area (Å²) in [5.74, 6) is 1.98. The highest BCUT2D eigenvalue weighted by molar-refractivity contribution is 5.79. The van der Waals surface area contributed by atoms with Crippen LogP contribution >= 0.6 is 0 Å². The number of aryl methyl sites for hydroxylation is 1. The van der Waals surface area contributed by atoms with Gasteiger partial charge >= 0.3 is 0 Å². The molecule has 3 heterocycles. The highest BCUT2D eigenvalue weighted by atomic mass is 16.4. The third-order valence-corrected chi connectivity index (χ3v) is 4.52. The van der Waals surface area contributed by atoms with Gasteiger partial charge in [-0.25, -0.2) is 0 Å². The Morgan fingerprint density at radius 3 is 2.43 bits per heavy atom. The largest absolute Gasteiger partial charge is 0.424 e. The molecule has 0 N–H and O–H groups in total. The van der Waals surface area contributed by atoms with Crippen LogP contribution in [-0.2, 0) is 17.8 Å². The number of rotatable bonds is 4. The highest BCUT2D eigenvalue weighted by Crippen LogP contribution is 2.22. The SMILES string of the molecule is CCc1nnc(CN2CCC(C(=O)N3CCCC3)CC2)o1. The van der Waals surface area contributed by atoms with Crippen LogP contribution in [0, 0.1) is 5.92 Å². The van der Waals surface area contributed by atoms with Crippen LogP contribution in [0.2, 0.25) is 0 Å². The van der Waals surface area contributed by atoms with Crippen LogP contribution in [0.5, 0.6) is 0 Å². The molecule has 0 spiro atoms. The number of amides is 1. The molecule has 2 fully saturated rings. The van der Waals surface area contributed by atoms with E-state index in [-0.39, 0.29) is 5.92 Å². The number of piperidine rings is 1. The zero-order valence-electron chi connectivity index (χ0n) is 12.8. The van der Waals surface area contributed by atoms with E-state index in [4.69, 9.17) is 4.42 Å². The Bertz CT molecular complexity index is 474. The van der Waals surface area contributed by atoms with E-state index >= 15 is 0 Å². The quantitative estimate of drug-likeness (QED) is 0.841. The summed E-state index contributed by atoms with van der Waals surface area (Å²) >= 11 is 0. The van der Waals surface area contributed by atoms with Gasteiger partial charge in [0, 0.05) is 25.4 Å². The lowest BCUT2D eigenvalue weighted by Crippen LogP contribution is -2.41. The van der Waals surface area contributed by atoms with E-state index in [2.05, 4.69) is 15.1 Å². The van der Waals surface area contributed by atoms with Gasteiger partial charge < -0.3 is 9.32 Å². The Morgan fingerprint density at radius 2 is 1.81 bits per heavy atom. The first-order chi connectivity index (χ1) is 10.3. The summed E-state index contributed by atoms with van der Waals surface area (Å²) in [7, 11) is 0. The Hall–Kier alpha value is -1.43. The van der Waals surface area contributed by atoms with Gasteiger partial charge in [-0.15, -0.1) is 10.2 Å². The maximum absolute atomic E-state index is 12.4. The molecule has 21 heavy (non-hydrogen) atoms. The molecule has 1 aromatic rings. The zero-order chi connectivity index (χ0) is 14.7. The molecule has 0 aromatic carbocycles. The number of hydrogen-bond donors (Lipinski definition) is 0. The molecule has 6 heteroatoms. The van der Waals surface area contributed by atoms with Gasteiger partial charge in [0.25, 0.3) is 0 Å². The summed E-state index contributed by atoms with van der Waals surface area (Å²) in [6.07, 6.45) is 5.01. The van der Waals surface area contributed by atoms with Crippen molar-refractivity contribution in [2.75, 3.05) is 26.2 Å². The van der Waals surface area contributed by atoms with Crippen LogP contribution in [0.4, 0.5) is 0 Å². The molecule has 3 rings (SSSR count). The van der Waals surface area contributed by atoms with Gasteiger partial charge in [-0.1, -0.05) is 6.92 Å². The van der Waals surface area contributed by atoms with Gasteiger partial charge in [0.05, 0.1) is 6.54 Å². The van der Waals surface area contributed by atoms with Crippen molar-refractivity contribution in [3.63, 3.8) is 0 Å². The minimum absolute atomic E-state index is 0.216. The van der Waals surface area contributed by atoms with E-state index in [0.29, 0.717) is 24.2 Å². The second kappa shape index (κ2) is 6.56. The first kappa shape index (κ1) is 14.5. The Labute approximate surface area is 125 Å². The van der Waals surface area contributed by atoms with Crippen LogP contribution < -0.4 is 0 Å². The van der Waals surface area contributed by atoms with Crippen LogP contribution in [-0.4, -0.2) is 52.1 Å². The van der Waals surface area contributed by atoms with Gasteiger partial charge in [-0.3, -0.25) is 9.69 Å². The molecule has 2 aliphatic rings. The normalized spacial score (nSPS) is 21.1. The average Bonchev–Trinajstić information content (AvgIpc) is 3.19.